The van der Waals surface area contributed by atoms with E-state index in [1.807, 2.05) is 12.2 Å². The molecule has 2 atom stereocenters. The maximum atomic E-state index is 12.5. The van der Waals surface area contributed by atoms with Crippen LogP contribution in [0.2, 0.25) is 0 Å². The third-order valence-electron chi connectivity index (χ3n) is 3.83. The average molecular weight is 400 g/mol. The van der Waals surface area contributed by atoms with Crippen LogP contribution in [0.4, 0.5) is 11.4 Å². The molecule has 0 unspecified atom stereocenters. The Balaban J connectivity index is 2.03. The zero-order valence-corrected chi connectivity index (χ0v) is 13.6. The number of amides is 2. The largest absolute Gasteiger partial charge is 0.397 e. The summed E-state index contributed by atoms with van der Waals surface area (Å²) in [4.78, 5) is 26.2. The van der Waals surface area contributed by atoms with Crippen LogP contribution in [-0.4, -0.2) is 11.8 Å². The van der Waals surface area contributed by atoms with E-state index in [2.05, 4.69) is 31.9 Å². The topological polar surface area (TPSA) is 63.4 Å². The van der Waals surface area contributed by atoms with Gasteiger partial charge in [-0.15, -0.1) is 0 Å². The van der Waals surface area contributed by atoms with Crippen molar-refractivity contribution in [3.05, 3.63) is 33.2 Å². The molecule has 4 nitrogen and oxygen atoms in total. The first-order valence-corrected chi connectivity index (χ1v) is 7.86. The molecule has 1 aliphatic carbocycles. The van der Waals surface area contributed by atoms with Crippen LogP contribution in [0, 0.1) is 11.8 Å². The second-order valence-electron chi connectivity index (χ2n) is 4.99. The van der Waals surface area contributed by atoms with Crippen LogP contribution < -0.4 is 10.6 Å². The minimum atomic E-state index is -0.220. The van der Waals surface area contributed by atoms with E-state index in [1.165, 1.54) is 4.90 Å². The number of halogens is 2. The summed E-state index contributed by atoms with van der Waals surface area (Å²) >= 11 is 6.69. The fourth-order valence-electron chi connectivity index (χ4n) is 2.75. The monoisotopic (exact) mass is 398 g/mol. The minimum absolute atomic E-state index is 0.118. The Morgan fingerprint density at radius 3 is 1.90 bits per heavy atom. The first-order valence-electron chi connectivity index (χ1n) is 6.28. The second kappa shape index (κ2) is 5.00. The standard InChI is InChI=1S/C14H12Br2N2O2/c15-10-5-7(6-11(16)12(10)17)18-13(19)8-3-1-2-4-9(8)14(18)20/h1-2,5-6,8-9H,3-4,17H2/t8-,9-/m0/s1. The number of hydrogen-bond acceptors (Lipinski definition) is 3. The zero-order chi connectivity index (χ0) is 14.4. The van der Waals surface area contributed by atoms with Crippen LogP contribution in [-0.2, 0) is 9.59 Å². The molecular weight excluding hydrogens is 388 g/mol. The first-order chi connectivity index (χ1) is 9.50. The number of benzene rings is 1. The predicted molar refractivity (Wildman–Crippen MR) is 84.1 cm³/mol. The fraction of sp³-hybridized carbons (Fsp3) is 0.286. The van der Waals surface area contributed by atoms with Crippen molar-refractivity contribution in [2.45, 2.75) is 12.8 Å². The zero-order valence-electron chi connectivity index (χ0n) is 10.5. The first kappa shape index (κ1) is 13.8. The molecule has 1 heterocycles. The average Bonchev–Trinajstić information content (AvgIpc) is 2.68. The van der Waals surface area contributed by atoms with Crippen molar-refractivity contribution < 1.29 is 9.59 Å². The van der Waals surface area contributed by atoms with Crippen LogP contribution in [0.3, 0.4) is 0 Å². The molecule has 0 radical (unpaired) electrons. The van der Waals surface area contributed by atoms with E-state index in [0.29, 0.717) is 33.2 Å². The smallest absolute Gasteiger partial charge is 0.238 e. The summed E-state index contributed by atoms with van der Waals surface area (Å²) in [6.45, 7) is 0. The molecule has 2 aliphatic rings. The van der Waals surface area contributed by atoms with Crippen LogP contribution in [0.5, 0.6) is 0 Å². The van der Waals surface area contributed by atoms with Gasteiger partial charge in [0, 0.05) is 8.95 Å². The summed E-state index contributed by atoms with van der Waals surface area (Å²) in [6.07, 6.45) is 5.24. The SMILES string of the molecule is Nc1c(Br)cc(N2C(=O)[C@H]3CC=CC[C@@H]3C2=O)cc1Br. The molecule has 0 spiro atoms. The Labute approximate surface area is 133 Å². The summed E-state index contributed by atoms with van der Waals surface area (Å²) in [5, 5.41) is 0. The van der Waals surface area contributed by atoms with Crippen molar-refractivity contribution in [1.82, 2.24) is 0 Å². The lowest BCUT2D eigenvalue weighted by Gasteiger charge is -2.16. The lowest BCUT2D eigenvalue weighted by molar-refractivity contribution is -0.122. The van der Waals surface area contributed by atoms with Crippen molar-refractivity contribution in [3.63, 3.8) is 0 Å². The fourth-order valence-corrected chi connectivity index (χ4v) is 3.92. The predicted octanol–water partition coefficient (Wildman–Crippen LogP) is 3.25. The van der Waals surface area contributed by atoms with Crippen molar-refractivity contribution in [3.8, 4) is 0 Å². The molecule has 3 rings (SSSR count). The number of allylic oxidation sites excluding steroid dienone is 2. The van der Waals surface area contributed by atoms with E-state index in [0.717, 1.165) is 0 Å². The molecule has 1 aromatic carbocycles. The maximum absolute atomic E-state index is 12.5. The molecule has 0 bridgehead atoms. The van der Waals surface area contributed by atoms with Gasteiger partial charge in [-0.05, 0) is 56.8 Å². The molecule has 0 aromatic heterocycles. The molecule has 2 amide bonds. The van der Waals surface area contributed by atoms with Crippen molar-refractivity contribution >= 4 is 55.0 Å². The van der Waals surface area contributed by atoms with E-state index in [4.69, 9.17) is 5.73 Å². The van der Waals surface area contributed by atoms with Crippen LogP contribution in [0.15, 0.2) is 33.2 Å². The number of hydrogen-bond donors (Lipinski definition) is 1. The van der Waals surface area contributed by atoms with Gasteiger partial charge in [-0.25, -0.2) is 4.90 Å². The van der Waals surface area contributed by atoms with Crippen molar-refractivity contribution in [2.24, 2.45) is 11.8 Å². The highest BCUT2D eigenvalue weighted by Gasteiger charge is 2.47. The number of rotatable bonds is 1. The van der Waals surface area contributed by atoms with Gasteiger partial charge in [-0.1, -0.05) is 12.2 Å². The van der Waals surface area contributed by atoms with E-state index < -0.39 is 0 Å². The van der Waals surface area contributed by atoms with Gasteiger partial charge in [0.1, 0.15) is 0 Å². The van der Waals surface area contributed by atoms with Gasteiger partial charge in [-0.2, -0.15) is 0 Å². The molecule has 20 heavy (non-hydrogen) atoms. The van der Waals surface area contributed by atoms with Gasteiger partial charge in [0.05, 0.1) is 23.2 Å². The van der Waals surface area contributed by atoms with E-state index in [1.54, 1.807) is 12.1 Å². The number of nitrogens with two attached hydrogens (primary N) is 1. The molecule has 6 heteroatoms. The van der Waals surface area contributed by atoms with Crippen molar-refractivity contribution in [1.29, 1.82) is 0 Å². The molecule has 1 saturated heterocycles. The molecule has 1 fully saturated rings. The molecule has 2 N–H and O–H groups in total. The Kier molecular flexibility index (Phi) is 3.46. The van der Waals surface area contributed by atoms with Crippen LogP contribution in [0.25, 0.3) is 0 Å². The number of nitrogen functional groups attached to an aromatic ring is 1. The maximum Gasteiger partial charge on any atom is 0.238 e. The number of imide groups is 1. The van der Waals surface area contributed by atoms with Gasteiger partial charge in [-0.3, -0.25) is 9.59 Å². The summed E-state index contributed by atoms with van der Waals surface area (Å²) in [6, 6.07) is 3.42. The Hall–Kier alpha value is -1.14. The molecular formula is C14H12Br2N2O2. The lowest BCUT2D eigenvalue weighted by atomic mass is 9.85. The minimum Gasteiger partial charge on any atom is -0.397 e. The van der Waals surface area contributed by atoms with Crippen LogP contribution in [0.1, 0.15) is 12.8 Å². The summed E-state index contributed by atoms with van der Waals surface area (Å²) in [5.41, 5.74) is 6.95. The number of anilines is 2. The van der Waals surface area contributed by atoms with Gasteiger partial charge < -0.3 is 5.73 Å². The van der Waals surface area contributed by atoms with Gasteiger partial charge in [0.25, 0.3) is 0 Å². The number of nitrogens with zero attached hydrogens (tertiary/aromatic N) is 1. The van der Waals surface area contributed by atoms with Crippen molar-refractivity contribution in [2.75, 3.05) is 10.6 Å². The third kappa shape index (κ3) is 2.02. The Morgan fingerprint density at radius 1 is 1.00 bits per heavy atom. The highest BCUT2D eigenvalue weighted by Crippen LogP contribution is 2.40. The summed E-state index contributed by atoms with van der Waals surface area (Å²) in [7, 11) is 0. The second-order valence-corrected chi connectivity index (χ2v) is 6.70. The highest BCUT2D eigenvalue weighted by atomic mass is 79.9. The van der Waals surface area contributed by atoms with Gasteiger partial charge in [0.2, 0.25) is 11.8 Å². The Morgan fingerprint density at radius 2 is 1.45 bits per heavy atom. The molecule has 1 aliphatic heterocycles. The molecule has 104 valence electrons. The third-order valence-corrected chi connectivity index (χ3v) is 5.14. The van der Waals surface area contributed by atoms with Gasteiger partial charge >= 0.3 is 0 Å². The number of carbonyl (C=O) groups excluding carboxylic acids is 2. The summed E-state index contributed by atoms with van der Waals surface area (Å²) in [5.74, 6) is -0.675. The quantitative estimate of drug-likeness (QED) is 0.448. The van der Waals surface area contributed by atoms with Crippen LogP contribution >= 0.6 is 31.9 Å². The van der Waals surface area contributed by atoms with E-state index >= 15 is 0 Å². The highest BCUT2D eigenvalue weighted by molar-refractivity contribution is 9.11. The molecule has 1 aromatic rings. The summed E-state index contributed by atoms with van der Waals surface area (Å²) < 4.78 is 1.32. The molecule has 0 saturated carbocycles. The normalized spacial score (nSPS) is 25.2. The van der Waals surface area contributed by atoms with Gasteiger partial charge in [0.15, 0.2) is 0 Å². The number of fused-ring (bicyclic) bond motifs is 1. The number of carbonyl (C=O) groups is 2. The van der Waals surface area contributed by atoms with E-state index in [9.17, 15) is 9.59 Å². The Bertz CT molecular complexity index is 593. The lowest BCUT2D eigenvalue weighted by Crippen LogP contribution is -2.30. The van der Waals surface area contributed by atoms with E-state index in [-0.39, 0.29) is 23.7 Å².